The maximum atomic E-state index is 5.41. The van der Waals surface area contributed by atoms with Gasteiger partial charge in [-0.2, -0.15) is 0 Å². The van der Waals surface area contributed by atoms with Gasteiger partial charge in [0.15, 0.2) is 0 Å². The van der Waals surface area contributed by atoms with E-state index in [2.05, 4.69) is 29.2 Å². The Balaban J connectivity index is 1.43. The predicted molar refractivity (Wildman–Crippen MR) is 92.3 cm³/mol. The molecular weight excluding hydrogens is 270 g/mol. The Labute approximate surface area is 135 Å². The van der Waals surface area contributed by atoms with Crippen LogP contribution in [-0.4, -0.2) is 37.7 Å². The lowest BCUT2D eigenvalue weighted by Gasteiger charge is -2.26. The average Bonchev–Trinajstić information content (AvgIpc) is 2.57. The Morgan fingerprint density at radius 2 is 1.77 bits per heavy atom. The Hall–Kier alpha value is -0.860. The molecule has 2 nitrogen and oxygen atoms in total. The van der Waals surface area contributed by atoms with Gasteiger partial charge in [0.2, 0.25) is 0 Å². The van der Waals surface area contributed by atoms with Crippen LogP contribution in [0.25, 0.3) is 0 Å². The zero-order valence-electron chi connectivity index (χ0n) is 13.9. The fraction of sp³-hybridized carbons (Fsp3) is 0.700. The van der Waals surface area contributed by atoms with Gasteiger partial charge in [0.25, 0.3) is 0 Å². The first-order chi connectivity index (χ1) is 10.9. The maximum Gasteiger partial charge on any atom is 0.0594 e. The normalized spacial score (nSPS) is 21.1. The van der Waals surface area contributed by atoms with Crippen LogP contribution in [0.5, 0.6) is 0 Å². The number of rotatable bonds is 6. The fourth-order valence-electron chi connectivity index (χ4n) is 3.97. The van der Waals surface area contributed by atoms with Gasteiger partial charge in [-0.25, -0.2) is 0 Å². The number of aryl methyl sites for hydroxylation is 1. The molecule has 2 aliphatic rings. The molecule has 1 aliphatic heterocycles. The van der Waals surface area contributed by atoms with E-state index in [-0.39, 0.29) is 0 Å². The van der Waals surface area contributed by atoms with Gasteiger partial charge in [-0.3, -0.25) is 4.90 Å². The van der Waals surface area contributed by atoms with Crippen molar-refractivity contribution in [3.8, 4) is 0 Å². The van der Waals surface area contributed by atoms with Gasteiger partial charge < -0.3 is 4.74 Å². The lowest BCUT2D eigenvalue weighted by molar-refractivity contribution is 0.0375. The van der Waals surface area contributed by atoms with E-state index < -0.39 is 0 Å². The summed E-state index contributed by atoms with van der Waals surface area (Å²) in [5.74, 6) is 0.942. The minimum atomic E-state index is 0.914. The van der Waals surface area contributed by atoms with Crippen LogP contribution in [0.4, 0.5) is 0 Å². The molecule has 122 valence electrons. The van der Waals surface area contributed by atoms with Crippen molar-refractivity contribution in [3.63, 3.8) is 0 Å². The van der Waals surface area contributed by atoms with Gasteiger partial charge in [-0.1, -0.05) is 56.4 Å². The van der Waals surface area contributed by atoms with Crippen molar-refractivity contribution in [3.05, 3.63) is 35.4 Å². The molecule has 1 saturated carbocycles. The zero-order valence-corrected chi connectivity index (χ0v) is 13.9. The highest BCUT2D eigenvalue weighted by atomic mass is 16.5. The van der Waals surface area contributed by atoms with Crippen LogP contribution < -0.4 is 0 Å². The number of hydrogen-bond donors (Lipinski definition) is 0. The summed E-state index contributed by atoms with van der Waals surface area (Å²) in [5.41, 5.74) is 3.09. The lowest BCUT2D eigenvalue weighted by atomic mass is 9.84. The summed E-state index contributed by atoms with van der Waals surface area (Å²) in [6.45, 7) is 5.27. The number of morpholine rings is 1. The highest BCUT2D eigenvalue weighted by molar-refractivity contribution is 5.24. The highest BCUT2D eigenvalue weighted by Gasteiger charge is 2.14. The molecule has 1 aromatic rings. The first-order valence-corrected chi connectivity index (χ1v) is 9.28. The molecule has 0 N–H and O–H groups in total. The van der Waals surface area contributed by atoms with Gasteiger partial charge in [-0.15, -0.1) is 0 Å². The van der Waals surface area contributed by atoms with Crippen molar-refractivity contribution in [2.45, 2.75) is 51.4 Å². The molecule has 1 aromatic carbocycles. The number of ether oxygens (including phenoxy) is 1. The van der Waals surface area contributed by atoms with E-state index in [9.17, 15) is 0 Å². The summed E-state index contributed by atoms with van der Waals surface area (Å²) in [5, 5.41) is 0. The number of nitrogens with zero attached hydrogens (tertiary/aromatic N) is 1. The van der Waals surface area contributed by atoms with Crippen molar-refractivity contribution in [1.82, 2.24) is 4.90 Å². The van der Waals surface area contributed by atoms with Crippen LogP contribution in [-0.2, 0) is 17.6 Å². The number of hydrogen-bond acceptors (Lipinski definition) is 2. The number of benzene rings is 1. The molecule has 0 atom stereocenters. The third-order valence-electron chi connectivity index (χ3n) is 5.28. The first-order valence-electron chi connectivity index (χ1n) is 9.28. The van der Waals surface area contributed by atoms with Gasteiger partial charge in [0, 0.05) is 13.1 Å². The summed E-state index contributed by atoms with van der Waals surface area (Å²) in [6, 6.07) is 9.37. The van der Waals surface area contributed by atoms with Crippen molar-refractivity contribution in [2.75, 3.05) is 32.8 Å². The SMILES string of the molecule is c1cc(CCCN2CCOCC2)cc(CC2CCCCC2)c1. The molecule has 0 aromatic heterocycles. The first kappa shape index (κ1) is 16.0. The molecule has 2 heteroatoms. The lowest BCUT2D eigenvalue weighted by Crippen LogP contribution is -2.36. The summed E-state index contributed by atoms with van der Waals surface area (Å²) in [6.07, 6.45) is 11.0. The molecule has 22 heavy (non-hydrogen) atoms. The highest BCUT2D eigenvalue weighted by Crippen LogP contribution is 2.27. The second-order valence-corrected chi connectivity index (χ2v) is 7.09. The van der Waals surface area contributed by atoms with E-state index in [0.717, 1.165) is 32.2 Å². The van der Waals surface area contributed by atoms with E-state index in [1.54, 1.807) is 5.56 Å². The van der Waals surface area contributed by atoms with Gasteiger partial charge in [0.05, 0.1) is 13.2 Å². The topological polar surface area (TPSA) is 12.5 Å². The zero-order chi connectivity index (χ0) is 15.0. The molecule has 3 rings (SSSR count). The summed E-state index contributed by atoms with van der Waals surface area (Å²) in [7, 11) is 0. The van der Waals surface area contributed by atoms with Gasteiger partial charge >= 0.3 is 0 Å². The van der Waals surface area contributed by atoms with Crippen molar-refractivity contribution in [2.24, 2.45) is 5.92 Å². The van der Waals surface area contributed by atoms with Crippen LogP contribution in [0.1, 0.15) is 49.7 Å². The predicted octanol–water partition coefficient (Wildman–Crippen LogP) is 4.07. The van der Waals surface area contributed by atoms with Crippen molar-refractivity contribution >= 4 is 0 Å². The van der Waals surface area contributed by atoms with Crippen molar-refractivity contribution < 1.29 is 4.74 Å². The Morgan fingerprint density at radius 1 is 1.00 bits per heavy atom. The van der Waals surface area contributed by atoms with Crippen LogP contribution >= 0.6 is 0 Å². The smallest absolute Gasteiger partial charge is 0.0594 e. The summed E-state index contributed by atoms with van der Waals surface area (Å²) in [4.78, 5) is 2.54. The van der Waals surface area contributed by atoms with Crippen LogP contribution in [0.2, 0.25) is 0 Å². The van der Waals surface area contributed by atoms with E-state index in [4.69, 9.17) is 4.74 Å². The molecule has 0 bridgehead atoms. The van der Waals surface area contributed by atoms with Crippen LogP contribution in [0.15, 0.2) is 24.3 Å². The molecule has 0 amide bonds. The van der Waals surface area contributed by atoms with Gasteiger partial charge in [-0.05, 0) is 42.9 Å². The molecule has 0 spiro atoms. The molecule has 1 aliphatic carbocycles. The largest absolute Gasteiger partial charge is 0.379 e. The average molecular weight is 301 g/mol. The van der Waals surface area contributed by atoms with E-state index in [0.29, 0.717) is 0 Å². The van der Waals surface area contributed by atoms with Crippen LogP contribution in [0.3, 0.4) is 0 Å². The summed E-state index contributed by atoms with van der Waals surface area (Å²) >= 11 is 0. The van der Waals surface area contributed by atoms with E-state index in [1.165, 1.54) is 63.5 Å². The van der Waals surface area contributed by atoms with Gasteiger partial charge in [0.1, 0.15) is 0 Å². The molecule has 0 radical (unpaired) electrons. The third kappa shape index (κ3) is 5.10. The van der Waals surface area contributed by atoms with E-state index >= 15 is 0 Å². The fourth-order valence-corrected chi connectivity index (χ4v) is 3.97. The van der Waals surface area contributed by atoms with Crippen molar-refractivity contribution in [1.29, 1.82) is 0 Å². The Morgan fingerprint density at radius 3 is 2.59 bits per heavy atom. The van der Waals surface area contributed by atoms with Crippen LogP contribution in [0, 0.1) is 5.92 Å². The maximum absolute atomic E-state index is 5.41. The second-order valence-electron chi connectivity index (χ2n) is 7.09. The monoisotopic (exact) mass is 301 g/mol. The third-order valence-corrected chi connectivity index (χ3v) is 5.28. The minimum Gasteiger partial charge on any atom is -0.379 e. The molecule has 1 saturated heterocycles. The Bertz CT molecular complexity index is 433. The molecule has 2 fully saturated rings. The van der Waals surface area contributed by atoms with E-state index in [1.807, 2.05) is 0 Å². The molecule has 0 unspecified atom stereocenters. The standard InChI is InChI=1S/C20H31NO/c1-2-6-18(7-3-1)16-20-9-4-8-19(17-20)10-5-11-21-12-14-22-15-13-21/h4,8-9,17-18H,1-3,5-7,10-16H2. The molecule has 1 heterocycles. The molecular formula is C20H31NO. The minimum absolute atomic E-state index is 0.914. The quantitative estimate of drug-likeness (QED) is 0.785. The second kappa shape index (κ2) is 8.69. The summed E-state index contributed by atoms with van der Waals surface area (Å²) < 4.78 is 5.41. The Kier molecular flexibility index (Phi) is 6.32.